The average molecular weight is 334 g/mol. The van der Waals surface area contributed by atoms with E-state index >= 15 is 0 Å². The summed E-state index contributed by atoms with van der Waals surface area (Å²) in [5.41, 5.74) is 0. The van der Waals surface area contributed by atoms with Gasteiger partial charge in [0.25, 0.3) is 0 Å². The Morgan fingerprint density at radius 1 is 1.25 bits per heavy atom. The molecule has 0 fully saturated rings. The van der Waals surface area contributed by atoms with E-state index in [9.17, 15) is 4.79 Å². The van der Waals surface area contributed by atoms with Gasteiger partial charge in [-0.25, -0.2) is 4.99 Å². The minimum Gasteiger partial charge on any atom is -0.492 e. The van der Waals surface area contributed by atoms with Crippen molar-refractivity contribution in [3.05, 3.63) is 30.3 Å². The molecule has 0 aliphatic rings. The molecule has 0 spiro atoms. The van der Waals surface area contributed by atoms with E-state index in [1.165, 1.54) is 0 Å². The number of hydrogen-bond acceptors (Lipinski definition) is 3. The molecule has 0 aliphatic heterocycles. The van der Waals surface area contributed by atoms with Gasteiger partial charge in [-0.1, -0.05) is 25.1 Å². The summed E-state index contributed by atoms with van der Waals surface area (Å²) in [6.45, 7) is 5.56. The van der Waals surface area contributed by atoms with Gasteiger partial charge in [-0.3, -0.25) is 4.79 Å². The van der Waals surface area contributed by atoms with Crippen molar-refractivity contribution in [3.8, 4) is 5.75 Å². The summed E-state index contributed by atoms with van der Waals surface area (Å²) in [7, 11) is 5.41. The third kappa shape index (κ3) is 7.35. The number of carbonyl (C=O) groups excluding carboxylic acids is 1. The highest BCUT2D eigenvalue weighted by Crippen LogP contribution is 2.07. The maximum Gasteiger partial charge on any atom is 0.243 e. The minimum absolute atomic E-state index is 0.0209. The summed E-state index contributed by atoms with van der Waals surface area (Å²) in [4.78, 5) is 19.7. The Balaban J connectivity index is 2.59. The van der Waals surface area contributed by atoms with Crippen LogP contribution in [-0.2, 0) is 4.79 Å². The Kier molecular flexibility index (Phi) is 8.68. The summed E-state index contributed by atoms with van der Waals surface area (Å²) in [5, 5.41) is 3.36. The zero-order valence-corrected chi connectivity index (χ0v) is 15.5. The second kappa shape index (κ2) is 10.5. The number of amides is 1. The lowest BCUT2D eigenvalue weighted by atomic mass is 10.3. The number of para-hydroxylation sites is 1. The lowest BCUT2D eigenvalue weighted by Crippen LogP contribution is -2.45. The second-order valence-corrected chi connectivity index (χ2v) is 5.96. The number of aliphatic imine (C=N–C) groups is 1. The van der Waals surface area contributed by atoms with Crippen LogP contribution in [0.1, 0.15) is 20.3 Å². The molecule has 0 bridgehead atoms. The van der Waals surface area contributed by atoms with Crippen molar-refractivity contribution in [2.24, 2.45) is 4.99 Å². The second-order valence-electron chi connectivity index (χ2n) is 5.96. The molecule has 1 aromatic carbocycles. The van der Waals surface area contributed by atoms with Gasteiger partial charge in [-0.2, -0.15) is 0 Å². The van der Waals surface area contributed by atoms with Gasteiger partial charge in [-0.15, -0.1) is 0 Å². The van der Waals surface area contributed by atoms with Gasteiger partial charge in [0.2, 0.25) is 5.91 Å². The molecule has 1 atom stereocenters. The molecule has 6 nitrogen and oxygen atoms in total. The van der Waals surface area contributed by atoms with E-state index < -0.39 is 0 Å². The van der Waals surface area contributed by atoms with Crippen LogP contribution in [0.3, 0.4) is 0 Å². The molecule has 24 heavy (non-hydrogen) atoms. The van der Waals surface area contributed by atoms with E-state index in [1.807, 2.05) is 42.3 Å². The number of benzene rings is 1. The molecule has 1 amide bonds. The van der Waals surface area contributed by atoms with Gasteiger partial charge in [0.15, 0.2) is 5.96 Å². The van der Waals surface area contributed by atoms with Gasteiger partial charge in [0.05, 0.1) is 6.54 Å². The van der Waals surface area contributed by atoms with E-state index in [2.05, 4.69) is 24.2 Å². The molecular formula is C18H30N4O2. The highest BCUT2D eigenvalue weighted by atomic mass is 16.5. The first-order valence-electron chi connectivity index (χ1n) is 8.34. The molecule has 1 N–H and O–H groups in total. The topological polar surface area (TPSA) is 57.2 Å². The summed E-state index contributed by atoms with van der Waals surface area (Å²) < 4.78 is 5.72. The van der Waals surface area contributed by atoms with Crippen molar-refractivity contribution >= 4 is 11.9 Å². The fourth-order valence-corrected chi connectivity index (χ4v) is 1.81. The third-order valence-electron chi connectivity index (χ3n) is 3.65. The number of rotatable bonds is 8. The van der Waals surface area contributed by atoms with Crippen LogP contribution in [0.2, 0.25) is 0 Å². The molecule has 1 unspecified atom stereocenters. The number of nitrogens with zero attached hydrogens (tertiary/aromatic N) is 3. The first-order valence-corrected chi connectivity index (χ1v) is 8.34. The number of ether oxygens (including phenoxy) is 1. The van der Waals surface area contributed by atoms with Gasteiger partial charge in [0.1, 0.15) is 18.9 Å². The van der Waals surface area contributed by atoms with E-state index in [0.717, 1.165) is 18.1 Å². The van der Waals surface area contributed by atoms with E-state index in [1.54, 1.807) is 19.0 Å². The van der Waals surface area contributed by atoms with Gasteiger partial charge in [0, 0.05) is 27.2 Å². The van der Waals surface area contributed by atoms with Gasteiger partial charge < -0.3 is 19.9 Å². The number of carbonyl (C=O) groups is 1. The monoisotopic (exact) mass is 334 g/mol. The van der Waals surface area contributed by atoms with Gasteiger partial charge in [-0.05, 0) is 25.5 Å². The van der Waals surface area contributed by atoms with Crippen molar-refractivity contribution in [2.45, 2.75) is 26.3 Å². The minimum atomic E-state index is -0.0209. The summed E-state index contributed by atoms with van der Waals surface area (Å²) in [6.07, 6.45) is 0.981. The fraction of sp³-hybridized carbons (Fsp3) is 0.556. The molecule has 0 radical (unpaired) electrons. The standard InChI is InChI=1S/C18H30N4O2/c1-6-15(2)20-18(19-14-17(23)21(3)4)22(5)12-13-24-16-10-8-7-9-11-16/h7-11,15H,6,12-14H2,1-5H3,(H,19,20). The predicted octanol–water partition coefficient (Wildman–Crippen LogP) is 1.83. The van der Waals surface area contributed by atoms with Crippen LogP contribution in [-0.4, -0.2) is 68.5 Å². The first kappa shape index (κ1) is 19.8. The molecule has 0 saturated carbocycles. The fourth-order valence-electron chi connectivity index (χ4n) is 1.81. The Morgan fingerprint density at radius 2 is 1.92 bits per heavy atom. The van der Waals surface area contributed by atoms with Crippen LogP contribution >= 0.6 is 0 Å². The molecule has 1 rings (SSSR count). The normalized spacial score (nSPS) is 12.5. The third-order valence-corrected chi connectivity index (χ3v) is 3.65. The summed E-state index contributed by atoms with van der Waals surface area (Å²) in [5.74, 6) is 1.55. The van der Waals surface area contributed by atoms with Crippen molar-refractivity contribution in [3.63, 3.8) is 0 Å². The van der Waals surface area contributed by atoms with Crippen molar-refractivity contribution < 1.29 is 9.53 Å². The van der Waals surface area contributed by atoms with E-state index in [4.69, 9.17) is 4.74 Å². The Hall–Kier alpha value is -2.24. The lowest BCUT2D eigenvalue weighted by Gasteiger charge is -2.25. The first-order chi connectivity index (χ1) is 11.4. The van der Waals surface area contributed by atoms with Crippen molar-refractivity contribution in [2.75, 3.05) is 40.8 Å². The molecule has 0 heterocycles. The SMILES string of the molecule is CCC(C)NC(=NCC(=O)N(C)C)N(C)CCOc1ccccc1. The predicted molar refractivity (Wildman–Crippen MR) is 98.5 cm³/mol. The Bertz CT molecular complexity index is 517. The maximum atomic E-state index is 11.8. The number of hydrogen-bond donors (Lipinski definition) is 1. The van der Waals surface area contributed by atoms with Crippen LogP contribution < -0.4 is 10.1 Å². The van der Waals surface area contributed by atoms with Crippen LogP contribution in [0.15, 0.2) is 35.3 Å². The van der Waals surface area contributed by atoms with Gasteiger partial charge >= 0.3 is 0 Å². The highest BCUT2D eigenvalue weighted by molar-refractivity contribution is 5.84. The molecular weight excluding hydrogens is 304 g/mol. The zero-order chi connectivity index (χ0) is 17.9. The van der Waals surface area contributed by atoms with Crippen LogP contribution in [0, 0.1) is 0 Å². The van der Waals surface area contributed by atoms with Crippen LogP contribution in [0.25, 0.3) is 0 Å². The average Bonchev–Trinajstić information content (AvgIpc) is 2.58. The maximum absolute atomic E-state index is 11.8. The molecule has 134 valence electrons. The zero-order valence-electron chi connectivity index (χ0n) is 15.5. The van der Waals surface area contributed by atoms with E-state index in [-0.39, 0.29) is 18.5 Å². The number of guanidine groups is 1. The Morgan fingerprint density at radius 3 is 2.50 bits per heavy atom. The summed E-state index contributed by atoms with van der Waals surface area (Å²) >= 11 is 0. The molecule has 6 heteroatoms. The Labute approximate surface area is 145 Å². The molecule has 1 aromatic rings. The van der Waals surface area contributed by atoms with E-state index in [0.29, 0.717) is 13.2 Å². The smallest absolute Gasteiger partial charge is 0.243 e. The lowest BCUT2D eigenvalue weighted by molar-refractivity contribution is -0.127. The van der Waals surface area contributed by atoms with Crippen LogP contribution in [0.4, 0.5) is 0 Å². The van der Waals surface area contributed by atoms with Crippen molar-refractivity contribution in [1.82, 2.24) is 15.1 Å². The largest absolute Gasteiger partial charge is 0.492 e. The van der Waals surface area contributed by atoms with Crippen molar-refractivity contribution in [1.29, 1.82) is 0 Å². The highest BCUT2D eigenvalue weighted by Gasteiger charge is 2.11. The number of likely N-dealkylation sites (N-methyl/N-ethyl adjacent to an activating group) is 2. The molecule has 0 aliphatic carbocycles. The summed E-state index contributed by atoms with van der Waals surface area (Å²) in [6, 6.07) is 10.0. The quantitative estimate of drug-likeness (QED) is 0.582. The molecule has 0 aromatic heterocycles. The molecule has 0 saturated heterocycles. The van der Waals surface area contributed by atoms with Crippen LogP contribution in [0.5, 0.6) is 5.75 Å². The number of nitrogens with one attached hydrogen (secondary N) is 1.